The number of aromatic nitrogens is 1. The molecule has 0 aliphatic rings. The van der Waals surface area contributed by atoms with Gasteiger partial charge in [-0.25, -0.2) is 4.39 Å². The van der Waals surface area contributed by atoms with Crippen molar-refractivity contribution in [2.75, 3.05) is 17.6 Å². The Morgan fingerprint density at radius 3 is 2.90 bits per heavy atom. The highest BCUT2D eigenvalue weighted by Gasteiger charge is 2.07. The van der Waals surface area contributed by atoms with Gasteiger partial charge >= 0.3 is 0 Å². The number of nitrogen functional groups attached to an aromatic ring is 1. The molecule has 3 rings (SSSR count). The average Bonchev–Trinajstić information content (AvgIpc) is 2.86. The number of benzene rings is 2. The Labute approximate surface area is 121 Å². The maximum Gasteiger partial charge on any atom is 0.295 e. The molecule has 0 saturated carbocycles. The van der Waals surface area contributed by atoms with Crippen LogP contribution in [0, 0.1) is 12.7 Å². The van der Waals surface area contributed by atoms with Gasteiger partial charge in [-0.2, -0.15) is 4.98 Å². The summed E-state index contributed by atoms with van der Waals surface area (Å²) in [5, 5.41) is 3.12. The van der Waals surface area contributed by atoms with Gasteiger partial charge in [0.05, 0.1) is 5.69 Å². The van der Waals surface area contributed by atoms with Gasteiger partial charge < -0.3 is 15.5 Å². The number of fused-ring (bicyclic) bond motifs is 1. The Morgan fingerprint density at radius 2 is 2.14 bits per heavy atom. The molecule has 0 atom stereocenters. The highest BCUT2D eigenvalue weighted by atomic mass is 19.1. The van der Waals surface area contributed by atoms with Gasteiger partial charge in [0.25, 0.3) is 6.01 Å². The predicted octanol–water partition coefficient (Wildman–Crippen LogP) is 3.51. The van der Waals surface area contributed by atoms with Crippen LogP contribution in [0.4, 0.5) is 16.1 Å². The van der Waals surface area contributed by atoms with E-state index in [1.54, 1.807) is 12.1 Å². The van der Waals surface area contributed by atoms with Crippen LogP contribution in [0.3, 0.4) is 0 Å². The molecule has 1 heterocycles. The van der Waals surface area contributed by atoms with E-state index in [1.165, 1.54) is 12.1 Å². The van der Waals surface area contributed by atoms with E-state index in [2.05, 4.69) is 10.3 Å². The molecular weight excluding hydrogens is 269 g/mol. The highest BCUT2D eigenvalue weighted by Crippen LogP contribution is 2.23. The zero-order valence-corrected chi connectivity index (χ0v) is 11.7. The molecule has 0 amide bonds. The third-order valence-corrected chi connectivity index (χ3v) is 3.43. The number of halogens is 1. The van der Waals surface area contributed by atoms with Crippen molar-refractivity contribution in [3.63, 3.8) is 0 Å². The first-order chi connectivity index (χ1) is 10.1. The van der Waals surface area contributed by atoms with Gasteiger partial charge in [0, 0.05) is 6.54 Å². The molecule has 0 aliphatic carbocycles. The number of nitrogens with zero attached hydrogens (tertiary/aromatic N) is 1. The molecule has 1 aromatic heterocycles. The van der Waals surface area contributed by atoms with Crippen molar-refractivity contribution in [1.29, 1.82) is 0 Å². The molecule has 3 N–H and O–H groups in total. The van der Waals surface area contributed by atoms with E-state index in [4.69, 9.17) is 10.2 Å². The number of nitrogens with two attached hydrogens (primary N) is 1. The number of hydrogen-bond donors (Lipinski definition) is 2. The zero-order valence-electron chi connectivity index (χ0n) is 11.7. The van der Waals surface area contributed by atoms with E-state index in [0.717, 1.165) is 17.5 Å². The van der Waals surface area contributed by atoms with Crippen molar-refractivity contribution in [3.05, 3.63) is 53.3 Å². The summed E-state index contributed by atoms with van der Waals surface area (Å²) in [6.07, 6.45) is 0.764. The number of anilines is 2. The molecule has 21 heavy (non-hydrogen) atoms. The summed E-state index contributed by atoms with van der Waals surface area (Å²) < 4.78 is 18.6. The van der Waals surface area contributed by atoms with Crippen LogP contribution in [0.2, 0.25) is 0 Å². The average molecular weight is 285 g/mol. The van der Waals surface area contributed by atoms with Crippen molar-refractivity contribution in [2.45, 2.75) is 13.3 Å². The van der Waals surface area contributed by atoms with Gasteiger partial charge in [0.1, 0.15) is 11.3 Å². The number of oxazole rings is 1. The summed E-state index contributed by atoms with van der Waals surface area (Å²) in [5.74, 6) is -0.210. The number of hydrogen-bond acceptors (Lipinski definition) is 4. The number of nitrogens with one attached hydrogen (secondary N) is 1. The van der Waals surface area contributed by atoms with E-state index >= 15 is 0 Å². The Morgan fingerprint density at radius 1 is 1.29 bits per heavy atom. The molecule has 3 aromatic rings. The quantitative estimate of drug-likeness (QED) is 0.720. The minimum atomic E-state index is -0.210. The fourth-order valence-corrected chi connectivity index (χ4v) is 2.29. The van der Waals surface area contributed by atoms with Crippen LogP contribution in [0.5, 0.6) is 0 Å². The Balaban J connectivity index is 1.68. The lowest BCUT2D eigenvalue weighted by Crippen LogP contribution is -2.06. The largest absolute Gasteiger partial charge is 0.423 e. The molecule has 0 bridgehead atoms. The van der Waals surface area contributed by atoms with E-state index in [0.29, 0.717) is 29.3 Å². The molecule has 0 saturated heterocycles. The van der Waals surface area contributed by atoms with E-state index in [1.807, 2.05) is 19.1 Å². The number of para-hydroxylation sites is 1. The molecule has 108 valence electrons. The third-order valence-electron chi connectivity index (χ3n) is 3.43. The SMILES string of the molecule is Cc1cc(F)ccc1CCNc1nc2c(N)cccc2o1. The fourth-order valence-electron chi connectivity index (χ4n) is 2.29. The summed E-state index contributed by atoms with van der Waals surface area (Å²) >= 11 is 0. The summed E-state index contributed by atoms with van der Waals surface area (Å²) in [5.41, 5.74) is 9.80. The van der Waals surface area contributed by atoms with Crippen LogP contribution in [0.1, 0.15) is 11.1 Å². The Kier molecular flexibility index (Phi) is 3.48. The summed E-state index contributed by atoms with van der Waals surface area (Å²) in [6.45, 7) is 2.55. The predicted molar refractivity (Wildman–Crippen MR) is 81.8 cm³/mol. The van der Waals surface area contributed by atoms with Crippen LogP contribution in [-0.2, 0) is 6.42 Å². The first kappa shape index (κ1) is 13.4. The van der Waals surface area contributed by atoms with E-state index in [-0.39, 0.29) is 5.82 Å². The first-order valence-electron chi connectivity index (χ1n) is 6.77. The maximum atomic E-state index is 13.0. The molecule has 0 radical (unpaired) electrons. The van der Waals surface area contributed by atoms with Gasteiger partial charge in [-0.1, -0.05) is 12.1 Å². The minimum absolute atomic E-state index is 0.210. The topological polar surface area (TPSA) is 64.1 Å². The number of rotatable bonds is 4. The molecule has 0 aliphatic heterocycles. The summed E-state index contributed by atoms with van der Waals surface area (Å²) in [7, 11) is 0. The molecule has 4 nitrogen and oxygen atoms in total. The van der Waals surface area contributed by atoms with E-state index in [9.17, 15) is 4.39 Å². The standard InChI is InChI=1S/C16H16FN3O/c1-10-9-12(17)6-5-11(10)7-8-19-16-20-15-13(18)3-2-4-14(15)21-16/h2-6,9H,7-8,18H2,1H3,(H,19,20). The minimum Gasteiger partial charge on any atom is -0.423 e. The molecule has 0 spiro atoms. The molecule has 0 fully saturated rings. The van der Waals surface area contributed by atoms with Crippen molar-refractivity contribution < 1.29 is 8.81 Å². The fraction of sp³-hybridized carbons (Fsp3) is 0.188. The molecule has 0 unspecified atom stereocenters. The lowest BCUT2D eigenvalue weighted by Gasteiger charge is -2.06. The van der Waals surface area contributed by atoms with Gasteiger partial charge in [-0.05, 0) is 48.7 Å². The second-order valence-corrected chi connectivity index (χ2v) is 4.96. The van der Waals surface area contributed by atoms with Gasteiger partial charge in [0.15, 0.2) is 5.58 Å². The lowest BCUT2D eigenvalue weighted by atomic mass is 10.1. The van der Waals surface area contributed by atoms with Crippen LogP contribution >= 0.6 is 0 Å². The summed E-state index contributed by atoms with van der Waals surface area (Å²) in [4.78, 5) is 4.32. The Hall–Kier alpha value is -2.56. The Bertz CT molecular complexity index is 782. The van der Waals surface area contributed by atoms with Crippen molar-refractivity contribution in [2.24, 2.45) is 0 Å². The van der Waals surface area contributed by atoms with Crippen molar-refractivity contribution in [1.82, 2.24) is 4.98 Å². The van der Waals surface area contributed by atoms with E-state index < -0.39 is 0 Å². The van der Waals surface area contributed by atoms with Crippen LogP contribution in [-0.4, -0.2) is 11.5 Å². The highest BCUT2D eigenvalue weighted by molar-refractivity contribution is 5.86. The summed E-state index contributed by atoms with van der Waals surface area (Å²) in [6, 6.07) is 10.7. The van der Waals surface area contributed by atoms with Gasteiger partial charge in [-0.3, -0.25) is 0 Å². The van der Waals surface area contributed by atoms with Gasteiger partial charge in [-0.15, -0.1) is 0 Å². The molecule has 2 aromatic carbocycles. The van der Waals surface area contributed by atoms with Gasteiger partial charge in [0.2, 0.25) is 0 Å². The second kappa shape index (κ2) is 5.44. The van der Waals surface area contributed by atoms with Crippen LogP contribution in [0.25, 0.3) is 11.1 Å². The number of aryl methyl sites for hydroxylation is 1. The van der Waals surface area contributed by atoms with Crippen LogP contribution < -0.4 is 11.1 Å². The maximum absolute atomic E-state index is 13.0. The molecule has 5 heteroatoms. The van der Waals surface area contributed by atoms with Crippen molar-refractivity contribution in [3.8, 4) is 0 Å². The van der Waals surface area contributed by atoms with Crippen LogP contribution in [0.15, 0.2) is 40.8 Å². The second-order valence-electron chi connectivity index (χ2n) is 4.96. The first-order valence-corrected chi connectivity index (χ1v) is 6.77. The monoisotopic (exact) mass is 285 g/mol. The zero-order chi connectivity index (χ0) is 14.8. The smallest absolute Gasteiger partial charge is 0.295 e. The molecular formula is C16H16FN3O. The normalized spacial score (nSPS) is 11.0. The van der Waals surface area contributed by atoms with Crippen molar-refractivity contribution >= 4 is 22.8 Å². The third kappa shape index (κ3) is 2.81. The lowest BCUT2D eigenvalue weighted by molar-refractivity contribution is 0.613.